The van der Waals surface area contributed by atoms with Gasteiger partial charge in [-0.15, -0.1) is 5.10 Å². The molecule has 0 saturated carbocycles. The molecule has 4 rings (SSSR count). The van der Waals surface area contributed by atoms with Gasteiger partial charge in [0.2, 0.25) is 11.1 Å². The number of amides is 1. The maximum Gasteiger partial charge on any atom is 0.253 e. The number of carbonyl (C=O) groups excluding carboxylic acids is 1. The van der Waals surface area contributed by atoms with Crippen LogP contribution in [0.25, 0.3) is 5.78 Å². The van der Waals surface area contributed by atoms with E-state index in [2.05, 4.69) is 20.4 Å². The number of aromatic nitrogens is 4. The van der Waals surface area contributed by atoms with Gasteiger partial charge in [-0.1, -0.05) is 65.3 Å². The molecule has 158 valence electrons. The molecule has 31 heavy (non-hydrogen) atoms. The van der Waals surface area contributed by atoms with Gasteiger partial charge in [0.15, 0.2) is 0 Å². The van der Waals surface area contributed by atoms with Crippen molar-refractivity contribution >= 4 is 52.3 Å². The first-order chi connectivity index (χ1) is 14.9. The van der Waals surface area contributed by atoms with Gasteiger partial charge < -0.3 is 5.32 Å². The van der Waals surface area contributed by atoms with Crippen LogP contribution in [0.5, 0.6) is 0 Å². The van der Waals surface area contributed by atoms with E-state index in [1.807, 2.05) is 50.2 Å². The number of halogens is 2. The van der Waals surface area contributed by atoms with Crippen LogP contribution in [-0.2, 0) is 11.2 Å². The summed E-state index contributed by atoms with van der Waals surface area (Å²) in [5.74, 6) is 0.483. The van der Waals surface area contributed by atoms with Crippen molar-refractivity contribution in [3.63, 3.8) is 0 Å². The fourth-order valence-electron chi connectivity index (χ4n) is 3.22. The smallest absolute Gasteiger partial charge is 0.253 e. The number of anilines is 1. The van der Waals surface area contributed by atoms with Gasteiger partial charge in [0, 0.05) is 22.8 Å². The van der Waals surface area contributed by atoms with E-state index >= 15 is 0 Å². The van der Waals surface area contributed by atoms with Crippen molar-refractivity contribution in [2.45, 2.75) is 25.4 Å². The molecule has 0 saturated heterocycles. The van der Waals surface area contributed by atoms with Crippen molar-refractivity contribution < 1.29 is 4.79 Å². The van der Waals surface area contributed by atoms with Gasteiger partial charge in [-0.05, 0) is 43.2 Å². The Morgan fingerprint density at radius 2 is 1.74 bits per heavy atom. The van der Waals surface area contributed by atoms with Gasteiger partial charge in [-0.25, -0.2) is 9.50 Å². The number of thioether (sulfide) groups is 1. The van der Waals surface area contributed by atoms with Gasteiger partial charge in [0.05, 0.1) is 16.5 Å². The second-order valence-corrected chi connectivity index (χ2v) is 8.71. The highest BCUT2D eigenvalue weighted by molar-refractivity contribution is 7.99. The molecule has 0 unspecified atom stereocenters. The number of nitrogens with zero attached hydrogens (tertiary/aromatic N) is 4. The lowest BCUT2D eigenvalue weighted by Gasteiger charge is -2.11. The van der Waals surface area contributed by atoms with Crippen molar-refractivity contribution in [1.29, 1.82) is 0 Å². The largest absolute Gasteiger partial charge is 0.324 e. The van der Waals surface area contributed by atoms with E-state index < -0.39 is 0 Å². The van der Waals surface area contributed by atoms with E-state index in [1.165, 1.54) is 11.8 Å². The zero-order chi connectivity index (χ0) is 22.0. The predicted octanol–water partition coefficient (Wildman–Crippen LogP) is 5.37. The highest BCUT2D eigenvalue weighted by Crippen LogP contribution is 2.24. The van der Waals surface area contributed by atoms with Crippen LogP contribution >= 0.6 is 35.0 Å². The number of hydrogen-bond acceptors (Lipinski definition) is 5. The Kier molecular flexibility index (Phi) is 6.46. The quantitative estimate of drug-likeness (QED) is 0.382. The van der Waals surface area contributed by atoms with Gasteiger partial charge >= 0.3 is 0 Å². The average molecular weight is 472 g/mol. The first-order valence-electron chi connectivity index (χ1n) is 9.56. The maximum absolute atomic E-state index is 12.3. The molecule has 4 aromatic rings. The maximum atomic E-state index is 12.3. The molecule has 2 aromatic heterocycles. The number of rotatable bonds is 6. The van der Waals surface area contributed by atoms with Crippen molar-refractivity contribution in [2.24, 2.45) is 0 Å². The van der Waals surface area contributed by atoms with E-state index in [0.29, 0.717) is 28.1 Å². The summed E-state index contributed by atoms with van der Waals surface area (Å²) >= 11 is 13.7. The summed E-state index contributed by atoms with van der Waals surface area (Å²) in [6, 6.07) is 14.9. The van der Waals surface area contributed by atoms with Gasteiger partial charge in [-0.3, -0.25) is 4.79 Å². The molecule has 0 atom stereocenters. The van der Waals surface area contributed by atoms with Crippen molar-refractivity contribution in [2.75, 3.05) is 11.1 Å². The van der Waals surface area contributed by atoms with Crippen molar-refractivity contribution in [3.05, 3.63) is 81.1 Å². The fraction of sp³-hybridized carbons (Fsp3) is 0.182. The summed E-state index contributed by atoms with van der Waals surface area (Å²) < 4.78 is 1.72. The third-order valence-corrected chi connectivity index (χ3v) is 6.37. The Morgan fingerprint density at radius 1 is 1.03 bits per heavy atom. The Balaban J connectivity index is 1.51. The summed E-state index contributed by atoms with van der Waals surface area (Å²) in [5, 5.41) is 9.04. The molecule has 6 nitrogen and oxygen atoms in total. The zero-order valence-corrected chi connectivity index (χ0v) is 19.2. The molecule has 2 aromatic carbocycles. The van der Waals surface area contributed by atoms with Crippen LogP contribution in [-0.4, -0.2) is 31.2 Å². The molecule has 0 spiro atoms. The van der Waals surface area contributed by atoms with E-state index in [0.717, 1.165) is 27.5 Å². The van der Waals surface area contributed by atoms with Crippen LogP contribution in [0.15, 0.2) is 53.7 Å². The predicted molar refractivity (Wildman–Crippen MR) is 125 cm³/mol. The third-order valence-electron chi connectivity index (χ3n) is 4.83. The topological polar surface area (TPSA) is 72.2 Å². The molecule has 1 N–H and O–H groups in total. The van der Waals surface area contributed by atoms with Crippen LogP contribution in [0.3, 0.4) is 0 Å². The van der Waals surface area contributed by atoms with Crippen molar-refractivity contribution in [3.8, 4) is 0 Å². The molecule has 2 heterocycles. The fourth-order valence-corrected chi connectivity index (χ4v) is 4.22. The number of nitrogens with one attached hydrogen (secondary N) is 1. The molecular weight excluding hydrogens is 453 g/mol. The Labute approximate surface area is 194 Å². The lowest BCUT2D eigenvalue weighted by atomic mass is 10.0. The monoisotopic (exact) mass is 471 g/mol. The SMILES string of the molecule is Cc1nc2nc(SCC(=O)Nc3ccccc3Cl)nn2c(C)c1Cc1ccccc1Cl. The second-order valence-electron chi connectivity index (χ2n) is 6.95. The lowest BCUT2D eigenvalue weighted by Crippen LogP contribution is -2.14. The molecule has 0 bridgehead atoms. The number of aryl methyl sites for hydroxylation is 2. The Hall–Kier alpha value is -2.61. The lowest BCUT2D eigenvalue weighted by molar-refractivity contribution is -0.113. The number of carbonyl (C=O) groups is 1. The van der Waals surface area contributed by atoms with Crippen LogP contribution in [0.4, 0.5) is 5.69 Å². The number of hydrogen-bond donors (Lipinski definition) is 1. The summed E-state index contributed by atoms with van der Waals surface area (Å²) in [5.41, 5.74) is 4.49. The Morgan fingerprint density at radius 3 is 2.48 bits per heavy atom. The highest BCUT2D eigenvalue weighted by Gasteiger charge is 2.16. The van der Waals surface area contributed by atoms with E-state index in [-0.39, 0.29) is 11.7 Å². The number of fused-ring (bicyclic) bond motifs is 1. The highest BCUT2D eigenvalue weighted by atomic mass is 35.5. The first kappa shape index (κ1) is 21.6. The molecular formula is C22H19Cl2N5OS. The van der Waals surface area contributed by atoms with Crippen molar-refractivity contribution in [1.82, 2.24) is 19.6 Å². The molecule has 0 aliphatic carbocycles. The van der Waals surface area contributed by atoms with Crippen LogP contribution in [0.1, 0.15) is 22.5 Å². The minimum atomic E-state index is -0.183. The Bertz CT molecular complexity index is 1270. The summed E-state index contributed by atoms with van der Waals surface area (Å²) in [4.78, 5) is 21.4. The van der Waals surface area contributed by atoms with Gasteiger partial charge in [0.1, 0.15) is 0 Å². The number of para-hydroxylation sites is 1. The standard InChI is InChI=1S/C22H19Cl2N5OS/c1-13-16(11-15-7-3-4-8-17(15)23)14(2)29-21(25-13)27-22(28-29)31-12-20(30)26-19-10-6-5-9-18(19)24/h3-10H,11-12H2,1-2H3,(H,26,30). The molecule has 9 heteroatoms. The summed E-state index contributed by atoms with van der Waals surface area (Å²) in [6.45, 7) is 3.94. The van der Waals surface area contributed by atoms with Crippen LogP contribution in [0, 0.1) is 13.8 Å². The average Bonchev–Trinajstić information content (AvgIpc) is 3.15. The molecule has 0 aliphatic rings. The normalized spacial score (nSPS) is 11.1. The molecule has 0 fully saturated rings. The van der Waals surface area contributed by atoms with E-state index in [9.17, 15) is 4.79 Å². The first-order valence-corrected chi connectivity index (χ1v) is 11.3. The zero-order valence-electron chi connectivity index (χ0n) is 16.9. The summed E-state index contributed by atoms with van der Waals surface area (Å²) in [6.07, 6.45) is 0.656. The minimum absolute atomic E-state index is 0.159. The minimum Gasteiger partial charge on any atom is -0.324 e. The van der Waals surface area contributed by atoms with E-state index in [4.69, 9.17) is 23.2 Å². The van der Waals surface area contributed by atoms with E-state index in [1.54, 1.807) is 16.6 Å². The molecule has 0 radical (unpaired) electrons. The second kappa shape index (κ2) is 9.26. The van der Waals surface area contributed by atoms with Gasteiger partial charge in [0.25, 0.3) is 5.78 Å². The third kappa shape index (κ3) is 4.84. The van der Waals surface area contributed by atoms with Gasteiger partial charge in [-0.2, -0.15) is 4.98 Å². The summed E-state index contributed by atoms with van der Waals surface area (Å²) in [7, 11) is 0. The molecule has 1 amide bonds. The number of benzene rings is 2. The molecule has 0 aliphatic heterocycles. The van der Waals surface area contributed by atoms with Crippen LogP contribution < -0.4 is 5.32 Å². The van der Waals surface area contributed by atoms with Crippen LogP contribution in [0.2, 0.25) is 10.0 Å².